The van der Waals surface area contributed by atoms with Crippen LogP contribution >= 0.6 is 23.2 Å². The fraction of sp³-hybridized carbons (Fsp3) is 0.588. The molecule has 2 heterocycles. The number of nitrogens with one attached hydrogen (secondary N) is 1. The van der Waals surface area contributed by atoms with Gasteiger partial charge in [0.15, 0.2) is 0 Å². The first kappa shape index (κ1) is 18.3. The minimum atomic E-state index is -3.20. The van der Waals surface area contributed by atoms with E-state index < -0.39 is 15.9 Å². The van der Waals surface area contributed by atoms with Gasteiger partial charge in [-0.2, -0.15) is 4.31 Å². The molecule has 3 aliphatic rings. The van der Waals surface area contributed by atoms with Gasteiger partial charge in [0.2, 0.25) is 10.0 Å². The standard InChI is InChI=1S/C17H20Cl2N2O4S/c18-9-5-14(16(22)15(19)6-9)17(23)20-10-7-11-1-2-12(8-10)21(11)26(24,25)13-3-4-13/h5-6,10-13,22H,1-4,7-8H2,(H,20,23). The summed E-state index contributed by atoms with van der Waals surface area (Å²) in [6.45, 7) is 0. The van der Waals surface area contributed by atoms with Crippen LogP contribution in [0.3, 0.4) is 0 Å². The van der Waals surface area contributed by atoms with E-state index in [1.165, 1.54) is 12.1 Å². The van der Waals surface area contributed by atoms with E-state index in [0.29, 0.717) is 12.8 Å². The zero-order valence-corrected chi connectivity index (χ0v) is 16.3. The molecule has 1 aliphatic carbocycles. The Labute approximate surface area is 162 Å². The fourth-order valence-corrected chi connectivity index (χ4v) is 6.99. The Morgan fingerprint density at radius 2 is 1.73 bits per heavy atom. The predicted molar refractivity (Wildman–Crippen MR) is 99.2 cm³/mol. The zero-order chi connectivity index (χ0) is 18.6. The second kappa shape index (κ2) is 6.55. The van der Waals surface area contributed by atoms with E-state index in [9.17, 15) is 18.3 Å². The third kappa shape index (κ3) is 3.19. The Bertz CT molecular complexity index is 843. The van der Waals surface area contributed by atoms with Crippen molar-refractivity contribution >= 4 is 39.1 Å². The van der Waals surface area contributed by atoms with Gasteiger partial charge in [-0.25, -0.2) is 8.42 Å². The first-order valence-electron chi connectivity index (χ1n) is 8.78. The molecule has 9 heteroatoms. The number of nitrogens with zero attached hydrogens (tertiary/aromatic N) is 1. The number of hydrogen-bond acceptors (Lipinski definition) is 4. The smallest absolute Gasteiger partial charge is 0.255 e. The molecule has 1 aromatic rings. The van der Waals surface area contributed by atoms with Crippen LogP contribution in [0.2, 0.25) is 10.0 Å². The van der Waals surface area contributed by atoms with Crippen LogP contribution in [0, 0.1) is 0 Å². The van der Waals surface area contributed by atoms with Gasteiger partial charge in [0.05, 0.1) is 15.8 Å². The lowest BCUT2D eigenvalue weighted by Gasteiger charge is -2.38. The number of amides is 1. The highest BCUT2D eigenvalue weighted by Crippen LogP contribution is 2.43. The van der Waals surface area contributed by atoms with E-state index in [1.807, 2.05) is 0 Å². The van der Waals surface area contributed by atoms with Crippen LogP contribution in [0.15, 0.2) is 12.1 Å². The Kier molecular flexibility index (Phi) is 4.62. The maximum Gasteiger partial charge on any atom is 0.255 e. The molecule has 2 N–H and O–H groups in total. The summed E-state index contributed by atoms with van der Waals surface area (Å²) in [6, 6.07) is 2.50. The van der Waals surface area contributed by atoms with Crippen LogP contribution in [0.25, 0.3) is 0 Å². The SMILES string of the molecule is O=C(NC1CC2CCC(C1)N2S(=O)(=O)C1CC1)c1cc(Cl)cc(Cl)c1O. The molecule has 2 bridgehead atoms. The molecule has 1 aromatic carbocycles. The molecule has 1 saturated carbocycles. The summed E-state index contributed by atoms with van der Waals surface area (Å²) in [7, 11) is -3.20. The number of hydrogen-bond donors (Lipinski definition) is 2. The largest absolute Gasteiger partial charge is 0.506 e. The first-order chi connectivity index (χ1) is 12.3. The lowest BCUT2D eigenvalue weighted by molar-refractivity contribution is 0.0906. The number of fused-ring (bicyclic) bond motifs is 2. The molecule has 4 rings (SSSR count). The summed E-state index contributed by atoms with van der Waals surface area (Å²) in [4.78, 5) is 12.5. The molecular formula is C17H20Cl2N2O4S. The molecular weight excluding hydrogens is 399 g/mol. The highest BCUT2D eigenvalue weighted by atomic mass is 35.5. The molecule has 2 saturated heterocycles. The van der Waals surface area contributed by atoms with E-state index in [2.05, 4.69) is 5.32 Å². The van der Waals surface area contributed by atoms with Crippen LogP contribution in [0.5, 0.6) is 5.75 Å². The summed E-state index contributed by atoms with van der Waals surface area (Å²) in [5.74, 6) is -0.750. The third-order valence-electron chi connectivity index (χ3n) is 5.51. The highest BCUT2D eigenvalue weighted by molar-refractivity contribution is 7.90. The van der Waals surface area contributed by atoms with Crippen molar-refractivity contribution in [2.24, 2.45) is 0 Å². The van der Waals surface area contributed by atoms with E-state index in [-0.39, 0.29) is 44.7 Å². The summed E-state index contributed by atoms with van der Waals surface area (Å²) in [5.41, 5.74) is 0.0304. The van der Waals surface area contributed by atoms with Gasteiger partial charge in [-0.1, -0.05) is 23.2 Å². The van der Waals surface area contributed by atoms with Crippen LogP contribution < -0.4 is 5.32 Å². The normalized spacial score (nSPS) is 28.9. The topological polar surface area (TPSA) is 86.7 Å². The van der Waals surface area contributed by atoms with Gasteiger partial charge in [0.25, 0.3) is 5.91 Å². The second-order valence-electron chi connectivity index (χ2n) is 7.38. The van der Waals surface area contributed by atoms with Crippen molar-refractivity contribution in [1.29, 1.82) is 0 Å². The lowest BCUT2D eigenvalue weighted by Crippen LogP contribution is -2.53. The second-order valence-corrected chi connectivity index (χ2v) is 10.3. The van der Waals surface area contributed by atoms with Crippen LogP contribution in [0.4, 0.5) is 0 Å². The summed E-state index contributed by atoms with van der Waals surface area (Å²) in [6.07, 6.45) is 4.35. The number of piperidine rings is 1. The average Bonchev–Trinajstić information content (AvgIpc) is 3.37. The molecule has 3 fully saturated rings. The Balaban J connectivity index is 1.48. The van der Waals surface area contributed by atoms with Crippen LogP contribution in [0.1, 0.15) is 48.9 Å². The van der Waals surface area contributed by atoms with E-state index in [1.54, 1.807) is 4.31 Å². The first-order valence-corrected chi connectivity index (χ1v) is 11.0. The monoisotopic (exact) mass is 418 g/mol. The van der Waals surface area contributed by atoms with Crippen molar-refractivity contribution in [2.75, 3.05) is 0 Å². The zero-order valence-electron chi connectivity index (χ0n) is 14.0. The number of benzene rings is 1. The quantitative estimate of drug-likeness (QED) is 0.786. The van der Waals surface area contributed by atoms with Gasteiger partial charge in [0, 0.05) is 23.1 Å². The molecule has 142 valence electrons. The maximum absolute atomic E-state index is 12.7. The number of aromatic hydroxyl groups is 1. The average molecular weight is 419 g/mol. The summed E-state index contributed by atoms with van der Waals surface area (Å²) in [5, 5.41) is 13.0. The molecule has 2 aliphatic heterocycles. The maximum atomic E-state index is 12.7. The van der Waals surface area contributed by atoms with Crippen molar-refractivity contribution in [3.63, 3.8) is 0 Å². The minimum absolute atomic E-state index is 0.0214. The van der Waals surface area contributed by atoms with Crippen molar-refractivity contribution in [3.05, 3.63) is 27.7 Å². The van der Waals surface area contributed by atoms with Gasteiger partial charge >= 0.3 is 0 Å². The number of phenolic OH excluding ortho intramolecular Hbond substituents is 1. The predicted octanol–water partition coefficient (Wildman–Crippen LogP) is 2.92. The Hall–Kier alpha value is -1.02. The van der Waals surface area contributed by atoms with Gasteiger partial charge in [-0.05, 0) is 50.7 Å². The van der Waals surface area contributed by atoms with Gasteiger partial charge in [0.1, 0.15) is 5.75 Å². The van der Waals surface area contributed by atoms with Crippen LogP contribution in [-0.2, 0) is 10.0 Å². The molecule has 0 aromatic heterocycles. The highest BCUT2D eigenvalue weighted by Gasteiger charge is 2.51. The summed E-state index contributed by atoms with van der Waals surface area (Å²) >= 11 is 11.8. The van der Waals surface area contributed by atoms with E-state index in [0.717, 1.165) is 25.7 Å². The van der Waals surface area contributed by atoms with Crippen molar-refractivity contribution < 1.29 is 18.3 Å². The Morgan fingerprint density at radius 3 is 2.31 bits per heavy atom. The number of phenols is 1. The van der Waals surface area contributed by atoms with E-state index in [4.69, 9.17) is 23.2 Å². The molecule has 26 heavy (non-hydrogen) atoms. The van der Waals surface area contributed by atoms with Gasteiger partial charge in [-0.3, -0.25) is 4.79 Å². The third-order valence-corrected chi connectivity index (χ3v) is 8.52. The van der Waals surface area contributed by atoms with Crippen LogP contribution in [-0.4, -0.2) is 47.1 Å². The van der Waals surface area contributed by atoms with Crippen molar-refractivity contribution in [2.45, 2.75) is 61.9 Å². The van der Waals surface area contributed by atoms with Gasteiger partial charge < -0.3 is 10.4 Å². The molecule has 2 atom stereocenters. The summed E-state index contributed by atoms with van der Waals surface area (Å²) < 4.78 is 27.0. The van der Waals surface area contributed by atoms with Gasteiger partial charge in [-0.15, -0.1) is 0 Å². The molecule has 0 radical (unpaired) electrons. The van der Waals surface area contributed by atoms with Crippen molar-refractivity contribution in [1.82, 2.24) is 9.62 Å². The lowest BCUT2D eigenvalue weighted by atomic mass is 9.99. The Morgan fingerprint density at radius 1 is 1.12 bits per heavy atom. The molecule has 6 nitrogen and oxygen atoms in total. The number of carbonyl (C=O) groups is 1. The minimum Gasteiger partial charge on any atom is -0.506 e. The molecule has 2 unspecified atom stereocenters. The number of carbonyl (C=O) groups excluding carboxylic acids is 1. The number of halogens is 2. The van der Waals surface area contributed by atoms with E-state index >= 15 is 0 Å². The fourth-order valence-electron chi connectivity index (χ4n) is 4.21. The molecule has 0 spiro atoms. The number of sulfonamides is 1. The molecule has 1 amide bonds. The number of rotatable bonds is 4. The van der Waals surface area contributed by atoms with Crippen molar-refractivity contribution in [3.8, 4) is 5.75 Å².